The Labute approximate surface area is 136 Å². The highest BCUT2D eigenvalue weighted by atomic mass is 16.4. The second kappa shape index (κ2) is 7.32. The molecule has 0 bridgehead atoms. The van der Waals surface area contributed by atoms with E-state index in [0.29, 0.717) is 6.04 Å². The van der Waals surface area contributed by atoms with Crippen molar-refractivity contribution in [2.75, 3.05) is 0 Å². The quantitative estimate of drug-likeness (QED) is 0.775. The van der Waals surface area contributed by atoms with E-state index in [9.17, 15) is 9.59 Å². The van der Waals surface area contributed by atoms with Crippen molar-refractivity contribution in [1.82, 2.24) is 10.3 Å². The number of hydrogen-bond donors (Lipinski definition) is 3. The Kier molecular flexibility index (Phi) is 5.98. The van der Waals surface area contributed by atoms with Crippen LogP contribution in [0.1, 0.15) is 50.7 Å². The molecule has 1 aromatic heterocycles. The maximum Gasteiger partial charge on any atom is 0.338 e. The summed E-state index contributed by atoms with van der Waals surface area (Å²) in [7, 11) is 0. The minimum Gasteiger partial charge on any atom is -0.478 e. The topological polar surface area (TPSA) is 118 Å². The van der Waals surface area contributed by atoms with Gasteiger partial charge in [-0.3, -0.25) is 9.78 Å². The van der Waals surface area contributed by atoms with E-state index in [-0.39, 0.29) is 28.9 Å². The normalized spacial score (nSPS) is 20.0. The summed E-state index contributed by atoms with van der Waals surface area (Å²) in [5.74, 6) is -1.16. The van der Waals surface area contributed by atoms with E-state index in [0.717, 1.165) is 0 Å². The van der Waals surface area contributed by atoms with Crippen LogP contribution in [0, 0.1) is 5.92 Å². The number of carbonyl (C=O) groups is 2. The molecular formula is C16H24N4O3. The van der Waals surface area contributed by atoms with E-state index in [1.54, 1.807) is 6.92 Å². The van der Waals surface area contributed by atoms with Gasteiger partial charge in [-0.25, -0.2) is 4.79 Å². The van der Waals surface area contributed by atoms with Gasteiger partial charge in [0, 0.05) is 6.20 Å². The van der Waals surface area contributed by atoms with Crippen LogP contribution in [-0.2, 0) is 4.79 Å². The molecule has 1 atom stereocenters. The first kappa shape index (κ1) is 18.8. The fourth-order valence-corrected chi connectivity index (χ4v) is 1.82. The Morgan fingerprint density at radius 1 is 1.35 bits per heavy atom. The second-order valence-electron chi connectivity index (χ2n) is 6.20. The first-order valence-corrected chi connectivity index (χ1v) is 7.45. The largest absolute Gasteiger partial charge is 0.478 e. The molecule has 7 heteroatoms. The number of carbonyl (C=O) groups excluding carboxylic acids is 1. The number of aliphatic imine (C=N–C) groups is 1. The van der Waals surface area contributed by atoms with Gasteiger partial charge in [0.25, 0.3) is 5.91 Å². The number of nitrogens with two attached hydrogens (primary N) is 1. The summed E-state index contributed by atoms with van der Waals surface area (Å²) in [4.78, 5) is 31.1. The Bertz CT molecular complexity index is 623. The number of carboxylic acid groups (broad SMARTS) is 1. The maximum atomic E-state index is 12.0. The van der Waals surface area contributed by atoms with Gasteiger partial charge in [0.2, 0.25) is 0 Å². The van der Waals surface area contributed by atoms with Crippen molar-refractivity contribution >= 4 is 17.7 Å². The molecule has 0 saturated carbocycles. The van der Waals surface area contributed by atoms with Crippen LogP contribution < -0.4 is 11.1 Å². The van der Waals surface area contributed by atoms with Gasteiger partial charge < -0.3 is 16.2 Å². The highest BCUT2D eigenvalue weighted by Crippen LogP contribution is 2.24. The molecule has 0 aliphatic carbocycles. The minimum atomic E-state index is -1.10. The molecule has 1 aliphatic rings. The third-order valence-electron chi connectivity index (χ3n) is 3.45. The van der Waals surface area contributed by atoms with Crippen molar-refractivity contribution < 1.29 is 14.7 Å². The third kappa shape index (κ3) is 4.35. The van der Waals surface area contributed by atoms with Crippen LogP contribution in [0.3, 0.4) is 0 Å². The average Bonchev–Trinajstić information content (AvgIpc) is 2.75. The Hall–Kier alpha value is -2.28. The Morgan fingerprint density at radius 3 is 2.35 bits per heavy atom. The highest BCUT2D eigenvalue weighted by Gasteiger charge is 2.43. The van der Waals surface area contributed by atoms with Crippen LogP contribution in [0.15, 0.2) is 23.3 Å². The van der Waals surface area contributed by atoms with E-state index >= 15 is 0 Å². The number of hydrogen-bond acceptors (Lipinski definition) is 5. The fraction of sp³-hybridized carbons (Fsp3) is 0.500. The van der Waals surface area contributed by atoms with Gasteiger partial charge >= 0.3 is 5.97 Å². The lowest BCUT2D eigenvalue weighted by atomic mass is 9.88. The first-order valence-electron chi connectivity index (χ1n) is 7.45. The molecule has 1 amide bonds. The number of nitrogens with one attached hydrogen (secondary N) is 1. The predicted octanol–water partition coefficient (Wildman–Crippen LogP) is 1.42. The minimum absolute atomic E-state index is 0.0227. The van der Waals surface area contributed by atoms with Crippen LogP contribution in [0.2, 0.25) is 0 Å². The van der Waals surface area contributed by atoms with E-state index < -0.39 is 11.5 Å². The van der Waals surface area contributed by atoms with Crippen molar-refractivity contribution in [3.8, 4) is 0 Å². The highest BCUT2D eigenvalue weighted by molar-refractivity contribution is 6.15. The zero-order valence-electron chi connectivity index (χ0n) is 14.1. The maximum absolute atomic E-state index is 12.0. The number of aromatic nitrogens is 1. The summed E-state index contributed by atoms with van der Waals surface area (Å²) < 4.78 is 0. The van der Waals surface area contributed by atoms with Crippen LogP contribution >= 0.6 is 0 Å². The molecule has 4 N–H and O–H groups in total. The summed E-state index contributed by atoms with van der Waals surface area (Å²) in [6.45, 7) is 9.44. The van der Waals surface area contributed by atoms with Gasteiger partial charge in [0.15, 0.2) is 5.84 Å². The van der Waals surface area contributed by atoms with E-state index in [2.05, 4.69) is 15.3 Å². The van der Waals surface area contributed by atoms with E-state index in [1.165, 1.54) is 18.3 Å². The number of nitrogens with zero attached hydrogens (tertiary/aromatic N) is 2. The van der Waals surface area contributed by atoms with Crippen LogP contribution in [-0.4, -0.2) is 39.4 Å². The van der Waals surface area contributed by atoms with E-state index in [4.69, 9.17) is 10.8 Å². The summed E-state index contributed by atoms with van der Waals surface area (Å²) in [6.07, 6.45) is 1.47. The number of amidine groups is 1. The van der Waals surface area contributed by atoms with Crippen molar-refractivity contribution in [2.45, 2.75) is 46.2 Å². The standard InChI is InChI=1S/C13H15N3O3.C3H9N/c1-7(2)13(3)12(19)15-10(16-13)9-8(11(17)18)5-4-6-14-9;1-3(2)4/h4-7H,1-3H3,(H,17,18)(H,15,16,19);3H,4H2,1-2H3. The molecular weight excluding hydrogens is 296 g/mol. The third-order valence-corrected chi connectivity index (χ3v) is 3.45. The van der Waals surface area contributed by atoms with Gasteiger partial charge in [0.05, 0.1) is 5.56 Å². The van der Waals surface area contributed by atoms with Crippen molar-refractivity contribution in [3.63, 3.8) is 0 Å². The molecule has 7 nitrogen and oxygen atoms in total. The monoisotopic (exact) mass is 320 g/mol. The smallest absolute Gasteiger partial charge is 0.338 e. The molecule has 2 rings (SSSR count). The Balaban J connectivity index is 0.000000593. The molecule has 2 heterocycles. The molecule has 0 spiro atoms. The van der Waals surface area contributed by atoms with Crippen molar-refractivity contribution in [2.24, 2.45) is 16.6 Å². The number of rotatable bonds is 3. The fourth-order valence-electron chi connectivity index (χ4n) is 1.82. The summed E-state index contributed by atoms with van der Waals surface area (Å²) >= 11 is 0. The van der Waals surface area contributed by atoms with Crippen molar-refractivity contribution in [1.29, 1.82) is 0 Å². The summed E-state index contributed by atoms with van der Waals surface area (Å²) in [5, 5.41) is 12.1. The molecule has 1 unspecified atom stereocenters. The van der Waals surface area contributed by atoms with Crippen molar-refractivity contribution in [3.05, 3.63) is 29.6 Å². The number of carboxylic acids is 1. The van der Waals surface area contributed by atoms with Crippen LogP contribution in [0.25, 0.3) is 0 Å². The molecule has 1 aromatic rings. The molecule has 0 radical (unpaired) electrons. The molecule has 0 fully saturated rings. The molecule has 23 heavy (non-hydrogen) atoms. The zero-order chi connectivity index (χ0) is 17.8. The van der Waals surface area contributed by atoms with Gasteiger partial charge in [-0.1, -0.05) is 27.7 Å². The zero-order valence-corrected chi connectivity index (χ0v) is 14.1. The molecule has 1 aliphatic heterocycles. The lowest BCUT2D eigenvalue weighted by Gasteiger charge is -2.27. The van der Waals surface area contributed by atoms with E-state index in [1.807, 2.05) is 27.7 Å². The summed E-state index contributed by atoms with van der Waals surface area (Å²) in [5.41, 5.74) is 4.50. The average molecular weight is 320 g/mol. The lowest BCUT2D eigenvalue weighted by Crippen LogP contribution is -2.50. The lowest BCUT2D eigenvalue weighted by molar-refractivity contribution is -0.123. The van der Waals surface area contributed by atoms with Gasteiger partial charge in [-0.2, -0.15) is 4.99 Å². The number of pyridine rings is 1. The van der Waals surface area contributed by atoms with Gasteiger partial charge in [-0.05, 0) is 31.0 Å². The molecule has 0 aromatic carbocycles. The second-order valence-corrected chi connectivity index (χ2v) is 6.20. The number of aromatic carboxylic acids is 1. The van der Waals surface area contributed by atoms with Crippen LogP contribution in [0.5, 0.6) is 0 Å². The predicted molar refractivity (Wildman–Crippen MR) is 88.4 cm³/mol. The molecule has 126 valence electrons. The van der Waals surface area contributed by atoms with Crippen LogP contribution in [0.4, 0.5) is 0 Å². The Morgan fingerprint density at radius 2 is 1.91 bits per heavy atom. The number of amides is 1. The van der Waals surface area contributed by atoms with Gasteiger partial charge in [-0.15, -0.1) is 0 Å². The summed E-state index contributed by atoms with van der Waals surface area (Å²) in [6, 6.07) is 3.30. The van der Waals surface area contributed by atoms with Gasteiger partial charge in [0.1, 0.15) is 11.2 Å². The molecule has 0 saturated heterocycles. The SMILES string of the molecule is CC(C)C1(C)NC(c2ncccc2C(=O)O)=NC1=O.CC(C)N. The first-order chi connectivity index (χ1) is 10.6.